The van der Waals surface area contributed by atoms with E-state index in [0.29, 0.717) is 6.04 Å². The molecule has 1 aliphatic heterocycles. The van der Waals surface area contributed by atoms with Crippen molar-refractivity contribution in [3.05, 3.63) is 47.5 Å². The van der Waals surface area contributed by atoms with E-state index in [9.17, 15) is 0 Å². The molecule has 0 saturated heterocycles. The van der Waals surface area contributed by atoms with Gasteiger partial charge in [0.25, 0.3) is 0 Å². The molecule has 0 aromatic heterocycles. The largest absolute Gasteiger partial charge is 0.486 e. The minimum absolute atomic E-state index is 0.214. The second-order valence-corrected chi connectivity index (χ2v) is 7.78. The number of hydrogen-bond acceptors (Lipinski definition) is 2. The molecule has 1 aliphatic rings. The van der Waals surface area contributed by atoms with Gasteiger partial charge in [-0.15, -0.1) is 0 Å². The van der Waals surface area contributed by atoms with E-state index in [4.69, 9.17) is 4.74 Å². The molecule has 1 heterocycles. The first kappa shape index (κ1) is 18.8. The summed E-state index contributed by atoms with van der Waals surface area (Å²) in [5.41, 5.74) is 6.39. The Hall–Kier alpha value is -1.96. The number of nitrogens with zero attached hydrogens (tertiary/aromatic N) is 1. The Balaban J connectivity index is 2.08. The second-order valence-electron chi connectivity index (χ2n) is 7.78. The van der Waals surface area contributed by atoms with Gasteiger partial charge in [-0.25, -0.2) is 0 Å². The monoisotopic (exact) mass is 351 g/mol. The zero-order chi connectivity index (χ0) is 18.7. The molecule has 140 valence electrons. The smallest absolute Gasteiger partial charge is 0.150 e. The Morgan fingerprint density at radius 3 is 2.42 bits per heavy atom. The highest BCUT2D eigenvalue weighted by molar-refractivity contribution is 5.81. The van der Waals surface area contributed by atoms with Gasteiger partial charge >= 0.3 is 0 Å². The van der Waals surface area contributed by atoms with Crippen molar-refractivity contribution >= 4 is 5.69 Å². The van der Waals surface area contributed by atoms with Crippen LogP contribution in [0.3, 0.4) is 0 Å². The number of fused-ring (bicyclic) bond motifs is 1. The van der Waals surface area contributed by atoms with Crippen molar-refractivity contribution in [3.8, 4) is 16.9 Å². The molecule has 0 aliphatic carbocycles. The molecule has 0 spiro atoms. The number of benzene rings is 2. The molecule has 0 fully saturated rings. The van der Waals surface area contributed by atoms with E-state index in [1.165, 1.54) is 53.6 Å². The fourth-order valence-electron chi connectivity index (χ4n) is 4.28. The summed E-state index contributed by atoms with van der Waals surface area (Å²) in [7, 11) is 0. The molecule has 2 aromatic rings. The van der Waals surface area contributed by atoms with E-state index in [2.05, 4.69) is 75.9 Å². The summed E-state index contributed by atoms with van der Waals surface area (Å²) in [6.45, 7) is 12.1. The summed E-state index contributed by atoms with van der Waals surface area (Å²) in [5.74, 6) is 1.07. The molecule has 2 nitrogen and oxygen atoms in total. The molecule has 2 heteroatoms. The van der Waals surface area contributed by atoms with E-state index in [0.717, 1.165) is 12.3 Å². The first-order chi connectivity index (χ1) is 12.5. The van der Waals surface area contributed by atoms with Crippen molar-refractivity contribution in [3.63, 3.8) is 0 Å². The van der Waals surface area contributed by atoms with Gasteiger partial charge < -0.3 is 9.64 Å². The summed E-state index contributed by atoms with van der Waals surface area (Å²) in [6.07, 6.45) is 5.15. The Morgan fingerprint density at radius 2 is 1.77 bits per heavy atom. The maximum Gasteiger partial charge on any atom is 0.150 e. The molecule has 0 saturated carbocycles. The predicted molar refractivity (Wildman–Crippen MR) is 112 cm³/mol. The van der Waals surface area contributed by atoms with E-state index < -0.39 is 0 Å². The van der Waals surface area contributed by atoms with Crippen molar-refractivity contribution in [1.82, 2.24) is 0 Å². The zero-order valence-electron chi connectivity index (χ0n) is 17.0. The third-order valence-electron chi connectivity index (χ3n) is 5.43. The van der Waals surface area contributed by atoms with Crippen molar-refractivity contribution < 1.29 is 4.74 Å². The average molecular weight is 352 g/mol. The lowest BCUT2D eigenvalue weighted by molar-refractivity contribution is 0.206. The van der Waals surface area contributed by atoms with Crippen LogP contribution in [-0.2, 0) is 0 Å². The quantitative estimate of drug-likeness (QED) is 0.587. The van der Waals surface area contributed by atoms with Gasteiger partial charge in [-0.2, -0.15) is 0 Å². The fourth-order valence-corrected chi connectivity index (χ4v) is 4.28. The molecule has 1 unspecified atom stereocenters. The van der Waals surface area contributed by atoms with Gasteiger partial charge in [-0.3, -0.25) is 0 Å². The lowest BCUT2D eigenvalue weighted by atomic mass is 9.95. The Kier molecular flexibility index (Phi) is 5.90. The average Bonchev–Trinajstić information content (AvgIpc) is 2.61. The molecule has 0 bridgehead atoms. The topological polar surface area (TPSA) is 12.5 Å². The van der Waals surface area contributed by atoms with Crippen LogP contribution in [0, 0.1) is 13.8 Å². The van der Waals surface area contributed by atoms with Crippen molar-refractivity contribution in [1.29, 1.82) is 0 Å². The molecular weight excluding hydrogens is 318 g/mol. The molecule has 0 amide bonds. The highest BCUT2D eigenvalue weighted by Gasteiger charge is 2.29. The molecule has 0 radical (unpaired) electrons. The molecule has 3 rings (SSSR count). The number of ether oxygens (including phenoxy) is 1. The lowest BCUT2D eigenvalue weighted by Crippen LogP contribution is -2.45. The van der Waals surface area contributed by atoms with Crippen molar-refractivity contribution in [2.45, 2.75) is 72.4 Å². The fraction of sp³-hybridized carbons (Fsp3) is 0.500. The van der Waals surface area contributed by atoms with E-state index in [1.54, 1.807) is 0 Å². The van der Waals surface area contributed by atoms with Crippen LogP contribution in [0.5, 0.6) is 5.75 Å². The van der Waals surface area contributed by atoms with Crippen LogP contribution in [0.2, 0.25) is 0 Å². The number of para-hydroxylation sites is 1. The predicted octanol–water partition coefficient (Wildman–Crippen LogP) is 6.53. The third-order valence-corrected chi connectivity index (χ3v) is 5.43. The first-order valence-electron chi connectivity index (χ1n) is 10.2. The molecular formula is C24H33NO. The number of rotatable bonds is 6. The van der Waals surface area contributed by atoms with Gasteiger partial charge in [0, 0.05) is 11.6 Å². The van der Waals surface area contributed by atoms with Crippen molar-refractivity contribution in [2.75, 3.05) is 11.4 Å². The van der Waals surface area contributed by atoms with Crippen LogP contribution in [0.1, 0.15) is 57.6 Å². The van der Waals surface area contributed by atoms with Gasteiger partial charge in [0.05, 0.1) is 12.2 Å². The first-order valence-corrected chi connectivity index (χ1v) is 10.2. The highest BCUT2D eigenvalue weighted by atomic mass is 16.5. The Labute approximate surface area is 159 Å². The molecule has 1 atom stereocenters. The molecule has 0 N–H and O–H groups in total. The zero-order valence-corrected chi connectivity index (χ0v) is 17.0. The van der Waals surface area contributed by atoms with Gasteiger partial charge in [0.2, 0.25) is 0 Å². The minimum Gasteiger partial charge on any atom is -0.486 e. The SMILES string of the molecule is CCCC(CCC)N1CC(C)Oc2c(-c3ccc(C)cc3C)cccc21. The highest BCUT2D eigenvalue weighted by Crippen LogP contribution is 2.44. The second kappa shape index (κ2) is 8.16. The summed E-state index contributed by atoms with van der Waals surface area (Å²) >= 11 is 0. The van der Waals surface area contributed by atoms with Gasteiger partial charge in [-0.05, 0) is 50.8 Å². The van der Waals surface area contributed by atoms with Gasteiger partial charge in [0.1, 0.15) is 6.10 Å². The van der Waals surface area contributed by atoms with Crippen LogP contribution < -0.4 is 9.64 Å². The maximum absolute atomic E-state index is 6.40. The molecule has 2 aromatic carbocycles. The summed E-state index contributed by atoms with van der Waals surface area (Å²) in [4.78, 5) is 2.61. The van der Waals surface area contributed by atoms with E-state index >= 15 is 0 Å². The van der Waals surface area contributed by atoms with Crippen LogP contribution in [0.15, 0.2) is 36.4 Å². The standard InChI is InChI=1S/C24H33NO/c1-6-9-20(10-7-2)25-16-19(5)26-24-22(11-8-12-23(24)25)21-14-13-17(3)15-18(21)4/h8,11-15,19-20H,6-7,9-10,16H2,1-5H3. The maximum atomic E-state index is 6.40. The number of aryl methyl sites for hydroxylation is 2. The van der Waals surface area contributed by atoms with Crippen LogP contribution in [0.4, 0.5) is 5.69 Å². The van der Waals surface area contributed by atoms with E-state index in [1.807, 2.05) is 0 Å². The minimum atomic E-state index is 0.214. The van der Waals surface area contributed by atoms with E-state index in [-0.39, 0.29) is 6.10 Å². The number of anilines is 1. The van der Waals surface area contributed by atoms with Gasteiger partial charge in [-0.1, -0.05) is 62.6 Å². The van der Waals surface area contributed by atoms with Gasteiger partial charge in [0.15, 0.2) is 5.75 Å². The summed E-state index contributed by atoms with van der Waals surface area (Å²) < 4.78 is 6.40. The van der Waals surface area contributed by atoms with Crippen LogP contribution in [0.25, 0.3) is 11.1 Å². The summed E-state index contributed by atoms with van der Waals surface area (Å²) in [5, 5.41) is 0. The third kappa shape index (κ3) is 3.75. The lowest BCUT2D eigenvalue weighted by Gasteiger charge is -2.41. The normalized spacial score (nSPS) is 16.5. The number of hydrogen-bond donors (Lipinski definition) is 0. The van der Waals surface area contributed by atoms with Crippen LogP contribution >= 0.6 is 0 Å². The summed E-state index contributed by atoms with van der Waals surface area (Å²) in [6, 6.07) is 13.9. The van der Waals surface area contributed by atoms with Crippen LogP contribution in [-0.4, -0.2) is 18.7 Å². The Bertz CT molecular complexity index is 746. The Morgan fingerprint density at radius 1 is 1.04 bits per heavy atom. The molecule has 26 heavy (non-hydrogen) atoms. The van der Waals surface area contributed by atoms with Crippen molar-refractivity contribution in [2.24, 2.45) is 0 Å².